The van der Waals surface area contributed by atoms with Crippen LogP contribution in [-0.4, -0.2) is 16.9 Å². The second kappa shape index (κ2) is 5.12. The Kier molecular flexibility index (Phi) is 3.73. The lowest BCUT2D eigenvalue weighted by Crippen LogP contribution is -2.18. The Morgan fingerprint density at radius 1 is 1.33 bits per heavy atom. The molecule has 1 atom stereocenters. The highest BCUT2D eigenvalue weighted by molar-refractivity contribution is 6.35. The molecule has 0 saturated carbocycles. The van der Waals surface area contributed by atoms with Gasteiger partial charge in [-0.15, -0.1) is 0 Å². The van der Waals surface area contributed by atoms with E-state index in [1.807, 2.05) is 0 Å². The predicted molar refractivity (Wildman–Crippen MR) is 69.2 cm³/mol. The molecule has 1 N–H and O–H groups in total. The standard InChI is InChI=1S/C13H10Cl2O3/c14-7-1-3-10(12(15)5-7)9-4-2-8(16)6-11(9)13(17)18/h1,3,5-6,9H,2,4H2,(H,17,18). The molecule has 0 spiro atoms. The molecule has 0 heterocycles. The fourth-order valence-electron chi connectivity index (χ4n) is 2.11. The number of halogens is 2. The zero-order valence-electron chi connectivity index (χ0n) is 9.32. The molecular weight excluding hydrogens is 275 g/mol. The van der Waals surface area contributed by atoms with Crippen LogP contribution in [0.15, 0.2) is 29.8 Å². The van der Waals surface area contributed by atoms with E-state index in [2.05, 4.69) is 0 Å². The smallest absolute Gasteiger partial charge is 0.332 e. The average Bonchev–Trinajstić information content (AvgIpc) is 2.29. The number of benzene rings is 1. The van der Waals surface area contributed by atoms with Crippen LogP contribution >= 0.6 is 23.2 Å². The van der Waals surface area contributed by atoms with Crippen LogP contribution in [0.25, 0.3) is 0 Å². The molecule has 2 rings (SSSR count). The van der Waals surface area contributed by atoms with Crippen LogP contribution in [0.5, 0.6) is 0 Å². The summed E-state index contributed by atoms with van der Waals surface area (Å²) < 4.78 is 0. The predicted octanol–water partition coefficient (Wildman–Crippen LogP) is 3.45. The molecule has 1 aliphatic carbocycles. The van der Waals surface area contributed by atoms with Crippen LogP contribution in [0.3, 0.4) is 0 Å². The van der Waals surface area contributed by atoms with E-state index in [0.717, 1.165) is 0 Å². The van der Waals surface area contributed by atoms with E-state index in [0.29, 0.717) is 28.5 Å². The Labute approximate surface area is 114 Å². The third-order valence-corrected chi connectivity index (χ3v) is 3.52. The first-order valence-corrected chi connectivity index (χ1v) is 6.17. The molecule has 0 amide bonds. The molecule has 0 aliphatic heterocycles. The quantitative estimate of drug-likeness (QED) is 0.905. The summed E-state index contributed by atoms with van der Waals surface area (Å²) >= 11 is 11.9. The van der Waals surface area contributed by atoms with Crippen LogP contribution in [0.2, 0.25) is 10.0 Å². The highest BCUT2D eigenvalue weighted by atomic mass is 35.5. The summed E-state index contributed by atoms with van der Waals surface area (Å²) in [4.78, 5) is 22.5. The molecule has 1 aromatic rings. The largest absolute Gasteiger partial charge is 0.478 e. The number of aliphatic carboxylic acids is 1. The zero-order valence-corrected chi connectivity index (χ0v) is 10.8. The summed E-state index contributed by atoms with van der Waals surface area (Å²) in [7, 11) is 0. The van der Waals surface area contributed by atoms with E-state index < -0.39 is 5.97 Å². The maximum atomic E-state index is 11.3. The average molecular weight is 285 g/mol. The number of rotatable bonds is 2. The van der Waals surface area contributed by atoms with Gasteiger partial charge in [-0.05, 0) is 30.2 Å². The summed E-state index contributed by atoms with van der Waals surface area (Å²) in [5, 5.41) is 10.1. The Morgan fingerprint density at radius 2 is 2.06 bits per heavy atom. The number of hydrogen-bond acceptors (Lipinski definition) is 2. The molecule has 0 bridgehead atoms. The molecule has 0 aromatic heterocycles. The fourth-order valence-corrected chi connectivity index (χ4v) is 2.65. The number of carboxylic acid groups (broad SMARTS) is 1. The Balaban J connectivity index is 2.46. The summed E-state index contributed by atoms with van der Waals surface area (Å²) in [6.45, 7) is 0. The van der Waals surface area contributed by atoms with Gasteiger partial charge in [0.05, 0.1) is 0 Å². The van der Waals surface area contributed by atoms with Crippen molar-refractivity contribution in [2.75, 3.05) is 0 Å². The van der Waals surface area contributed by atoms with E-state index >= 15 is 0 Å². The molecule has 3 nitrogen and oxygen atoms in total. The Bertz CT molecular complexity index is 549. The van der Waals surface area contributed by atoms with Crippen molar-refractivity contribution in [1.82, 2.24) is 0 Å². The van der Waals surface area contributed by atoms with Crippen molar-refractivity contribution in [1.29, 1.82) is 0 Å². The normalized spacial score (nSPS) is 19.6. The minimum Gasteiger partial charge on any atom is -0.478 e. The monoisotopic (exact) mass is 284 g/mol. The van der Waals surface area contributed by atoms with Gasteiger partial charge in [-0.1, -0.05) is 29.3 Å². The summed E-state index contributed by atoms with van der Waals surface area (Å²) in [5.74, 6) is -1.60. The fraction of sp³-hybridized carbons (Fsp3) is 0.231. The summed E-state index contributed by atoms with van der Waals surface area (Å²) in [5.41, 5.74) is 0.790. The van der Waals surface area contributed by atoms with Crippen LogP contribution in [0, 0.1) is 0 Å². The van der Waals surface area contributed by atoms with Crippen LogP contribution in [0.4, 0.5) is 0 Å². The molecule has 5 heteroatoms. The molecule has 1 aliphatic rings. The van der Waals surface area contributed by atoms with Crippen LogP contribution in [-0.2, 0) is 9.59 Å². The number of allylic oxidation sites excluding steroid dienone is 1. The van der Waals surface area contributed by atoms with Gasteiger partial charge in [-0.25, -0.2) is 4.79 Å². The van der Waals surface area contributed by atoms with Crippen molar-refractivity contribution in [2.24, 2.45) is 0 Å². The molecule has 1 aromatic carbocycles. The second-order valence-electron chi connectivity index (χ2n) is 4.13. The van der Waals surface area contributed by atoms with Gasteiger partial charge in [0.2, 0.25) is 0 Å². The van der Waals surface area contributed by atoms with E-state index in [4.69, 9.17) is 28.3 Å². The first-order valence-electron chi connectivity index (χ1n) is 5.41. The molecule has 0 radical (unpaired) electrons. The number of carboxylic acids is 1. The number of ketones is 1. The van der Waals surface area contributed by atoms with Gasteiger partial charge >= 0.3 is 5.97 Å². The van der Waals surface area contributed by atoms with E-state index in [9.17, 15) is 9.59 Å². The molecule has 0 saturated heterocycles. The molecule has 0 fully saturated rings. The molecule has 94 valence electrons. The maximum absolute atomic E-state index is 11.3. The molecule has 1 unspecified atom stereocenters. The van der Waals surface area contributed by atoms with Gasteiger partial charge in [0, 0.05) is 28.0 Å². The minimum absolute atomic E-state index is 0.0930. The second-order valence-corrected chi connectivity index (χ2v) is 4.97. The van der Waals surface area contributed by atoms with Crippen molar-refractivity contribution in [2.45, 2.75) is 18.8 Å². The van der Waals surface area contributed by atoms with Crippen molar-refractivity contribution < 1.29 is 14.7 Å². The summed E-state index contributed by atoms with van der Waals surface area (Å²) in [6, 6.07) is 4.95. The summed E-state index contributed by atoms with van der Waals surface area (Å²) in [6.07, 6.45) is 1.99. The number of hydrogen-bond donors (Lipinski definition) is 1. The van der Waals surface area contributed by atoms with Crippen molar-refractivity contribution in [3.63, 3.8) is 0 Å². The lowest BCUT2D eigenvalue weighted by atomic mass is 9.82. The molecular formula is C13H10Cl2O3. The van der Waals surface area contributed by atoms with E-state index in [1.54, 1.807) is 18.2 Å². The van der Waals surface area contributed by atoms with Gasteiger partial charge in [0.25, 0.3) is 0 Å². The van der Waals surface area contributed by atoms with E-state index in [-0.39, 0.29) is 17.3 Å². The van der Waals surface area contributed by atoms with Crippen LogP contribution in [0.1, 0.15) is 24.3 Å². The Hall–Kier alpha value is -1.32. The number of carbonyl (C=O) groups is 2. The SMILES string of the molecule is O=C1C=C(C(=O)O)C(c2ccc(Cl)cc2Cl)CC1. The third-order valence-electron chi connectivity index (χ3n) is 2.96. The van der Waals surface area contributed by atoms with Gasteiger partial charge in [-0.3, -0.25) is 4.79 Å². The van der Waals surface area contributed by atoms with Gasteiger partial charge in [-0.2, -0.15) is 0 Å². The topological polar surface area (TPSA) is 54.4 Å². The Morgan fingerprint density at radius 3 is 2.67 bits per heavy atom. The first-order chi connectivity index (χ1) is 8.49. The highest BCUT2D eigenvalue weighted by Crippen LogP contribution is 2.37. The van der Waals surface area contributed by atoms with E-state index in [1.165, 1.54) is 6.08 Å². The first kappa shape index (κ1) is 13.1. The van der Waals surface area contributed by atoms with Crippen molar-refractivity contribution in [3.8, 4) is 0 Å². The van der Waals surface area contributed by atoms with Gasteiger partial charge in [0.1, 0.15) is 0 Å². The number of carbonyl (C=O) groups excluding carboxylic acids is 1. The lowest BCUT2D eigenvalue weighted by molar-refractivity contribution is -0.133. The third kappa shape index (κ3) is 2.57. The minimum atomic E-state index is -1.08. The molecule has 18 heavy (non-hydrogen) atoms. The maximum Gasteiger partial charge on any atom is 0.332 e. The van der Waals surface area contributed by atoms with Gasteiger partial charge in [0.15, 0.2) is 5.78 Å². The zero-order chi connectivity index (χ0) is 13.3. The lowest BCUT2D eigenvalue weighted by Gasteiger charge is -2.22. The van der Waals surface area contributed by atoms with Crippen molar-refractivity contribution >= 4 is 35.0 Å². The highest BCUT2D eigenvalue weighted by Gasteiger charge is 2.29. The van der Waals surface area contributed by atoms with Crippen molar-refractivity contribution in [3.05, 3.63) is 45.5 Å². The van der Waals surface area contributed by atoms with Gasteiger partial charge < -0.3 is 5.11 Å². The van der Waals surface area contributed by atoms with Crippen LogP contribution < -0.4 is 0 Å².